The minimum Gasteiger partial charge on any atom is -0.406 e. The minimum atomic E-state index is -4.71. The molecule has 0 aromatic heterocycles. The average molecular weight is 364 g/mol. The Morgan fingerprint density at radius 1 is 1.12 bits per heavy atom. The third-order valence-corrected chi connectivity index (χ3v) is 3.92. The Balaban J connectivity index is 1.84. The van der Waals surface area contributed by atoms with Crippen molar-refractivity contribution in [2.45, 2.75) is 13.3 Å². The van der Waals surface area contributed by atoms with E-state index < -0.39 is 6.36 Å². The summed E-state index contributed by atoms with van der Waals surface area (Å²) >= 11 is 6.18. The molecule has 1 N–H and O–H groups in total. The molecule has 0 fully saturated rings. The van der Waals surface area contributed by atoms with Gasteiger partial charge < -0.3 is 10.1 Å². The first-order valence-electron chi connectivity index (χ1n) is 7.38. The number of allylic oxidation sites excluding steroid dienone is 1. The van der Waals surface area contributed by atoms with E-state index in [0.29, 0.717) is 22.0 Å². The van der Waals surface area contributed by atoms with E-state index >= 15 is 0 Å². The SMILES string of the molecule is Cc1cc(OC(F)(F)F)ccc1NC1=C=Cc2c(Cl)cccc2C=C1. The van der Waals surface area contributed by atoms with E-state index in [1.54, 1.807) is 19.1 Å². The molecule has 0 bridgehead atoms. The highest BCUT2D eigenvalue weighted by molar-refractivity contribution is 6.32. The van der Waals surface area contributed by atoms with Crippen LogP contribution in [0.2, 0.25) is 5.02 Å². The lowest BCUT2D eigenvalue weighted by molar-refractivity contribution is -0.274. The Bertz CT molecular complexity index is 909. The Kier molecular flexibility index (Phi) is 4.62. The van der Waals surface area contributed by atoms with Crippen molar-refractivity contribution in [3.63, 3.8) is 0 Å². The molecule has 1 aliphatic rings. The molecule has 0 aliphatic heterocycles. The lowest BCUT2D eigenvalue weighted by Crippen LogP contribution is -2.17. The van der Waals surface area contributed by atoms with Gasteiger partial charge in [0.1, 0.15) is 5.75 Å². The van der Waals surface area contributed by atoms with Crippen LogP contribution in [0, 0.1) is 6.92 Å². The standard InChI is InChI=1S/C19H13ClF3NO/c1-12-11-15(25-19(21,22)23)8-10-18(12)24-14-6-5-13-3-2-4-17(20)16(13)9-7-14/h2-6,8-11,24H,1H3. The third kappa shape index (κ3) is 4.27. The molecular formula is C19H13ClF3NO. The number of fused-ring (bicyclic) bond motifs is 1. The van der Waals surface area contributed by atoms with Crippen LogP contribution in [0.1, 0.15) is 16.7 Å². The second-order valence-corrected chi connectivity index (χ2v) is 5.84. The van der Waals surface area contributed by atoms with Gasteiger partial charge in [-0.3, -0.25) is 0 Å². The first-order valence-corrected chi connectivity index (χ1v) is 7.76. The fraction of sp³-hybridized carbons (Fsp3) is 0.105. The molecule has 0 spiro atoms. The fourth-order valence-electron chi connectivity index (χ4n) is 2.42. The van der Waals surface area contributed by atoms with Crippen LogP contribution in [0.25, 0.3) is 12.2 Å². The number of alkyl halides is 3. The Morgan fingerprint density at radius 3 is 2.64 bits per heavy atom. The zero-order chi connectivity index (χ0) is 18.0. The van der Waals surface area contributed by atoms with E-state index in [4.69, 9.17) is 11.6 Å². The second-order valence-electron chi connectivity index (χ2n) is 5.43. The number of nitrogens with one attached hydrogen (secondary N) is 1. The number of benzene rings is 2. The van der Waals surface area contributed by atoms with Crippen molar-refractivity contribution in [1.29, 1.82) is 0 Å². The van der Waals surface area contributed by atoms with Gasteiger partial charge in [-0.05, 0) is 54.5 Å². The molecule has 2 aromatic rings. The van der Waals surface area contributed by atoms with Crippen molar-refractivity contribution < 1.29 is 17.9 Å². The van der Waals surface area contributed by atoms with Gasteiger partial charge in [0.15, 0.2) is 0 Å². The summed E-state index contributed by atoms with van der Waals surface area (Å²) in [6.07, 6.45) is 0.799. The molecule has 0 heterocycles. The normalized spacial score (nSPS) is 13.1. The largest absolute Gasteiger partial charge is 0.573 e. The van der Waals surface area contributed by atoms with Crippen LogP contribution in [0.15, 0.2) is 53.9 Å². The van der Waals surface area contributed by atoms with Gasteiger partial charge in [-0.1, -0.05) is 35.5 Å². The topological polar surface area (TPSA) is 21.3 Å². The highest BCUT2D eigenvalue weighted by atomic mass is 35.5. The van der Waals surface area contributed by atoms with Crippen LogP contribution in [0.5, 0.6) is 5.75 Å². The lowest BCUT2D eigenvalue weighted by Gasteiger charge is -2.13. The van der Waals surface area contributed by atoms with Crippen molar-refractivity contribution in [2.24, 2.45) is 0 Å². The summed E-state index contributed by atoms with van der Waals surface area (Å²) in [5.74, 6) is -0.254. The van der Waals surface area contributed by atoms with Crippen LogP contribution >= 0.6 is 11.6 Å². The quantitative estimate of drug-likeness (QED) is 0.657. The number of hydrogen-bond donors (Lipinski definition) is 1. The van der Waals surface area contributed by atoms with Crippen LogP contribution in [-0.4, -0.2) is 6.36 Å². The van der Waals surface area contributed by atoms with Crippen LogP contribution in [-0.2, 0) is 0 Å². The van der Waals surface area contributed by atoms with Gasteiger partial charge in [0.25, 0.3) is 0 Å². The molecule has 128 valence electrons. The Morgan fingerprint density at radius 2 is 1.92 bits per heavy atom. The smallest absolute Gasteiger partial charge is 0.406 e. The number of rotatable bonds is 3. The lowest BCUT2D eigenvalue weighted by atomic mass is 10.1. The molecule has 3 rings (SSSR count). The highest BCUT2D eigenvalue weighted by Gasteiger charge is 2.31. The van der Waals surface area contributed by atoms with Crippen LogP contribution in [0.3, 0.4) is 0 Å². The highest BCUT2D eigenvalue weighted by Crippen LogP contribution is 2.29. The molecule has 0 atom stereocenters. The molecule has 0 amide bonds. The maximum Gasteiger partial charge on any atom is 0.573 e. The fourth-order valence-corrected chi connectivity index (χ4v) is 2.66. The van der Waals surface area contributed by atoms with Crippen molar-refractivity contribution in [2.75, 3.05) is 5.32 Å². The van der Waals surface area contributed by atoms with Crippen LogP contribution in [0.4, 0.5) is 18.9 Å². The molecule has 6 heteroatoms. The zero-order valence-electron chi connectivity index (χ0n) is 13.1. The first kappa shape index (κ1) is 17.2. The molecule has 25 heavy (non-hydrogen) atoms. The number of hydrogen-bond acceptors (Lipinski definition) is 2. The maximum atomic E-state index is 12.3. The second kappa shape index (κ2) is 6.71. The monoisotopic (exact) mass is 363 g/mol. The number of halogens is 4. The molecule has 0 unspecified atom stereocenters. The van der Waals surface area contributed by atoms with Gasteiger partial charge in [0, 0.05) is 16.3 Å². The number of anilines is 1. The predicted molar refractivity (Wildman–Crippen MR) is 93.5 cm³/mol. The van der Waals surface area contributed by atoms with Crippen molar-refractivity contribution in [3.05, 3.63) is 75.6 Å². The third-order valence-electron chi connectivity index (χ3n) is 3.59. The Hall–Kier alpha value is -2.62. The summed E-state index contributed by atoms with van der Waals surface area (Å²) in [4.78, 5) is 0. The molecule has 2 aromatic carbocycles. The van der Waals surface area contributed by atoms with E-state index in [0.717, 1.165) is 11.1 Å². The minimum absolute atomic E-state index is 0.254. The van der Waals surface area contributed by atoms with E-state index in [9.17, 15) is 13.2 Å². The average Bonchev–Trinajstić information content (AvgIpc) is 2.72. The van der Waals surface area contributed by atoms with Crippen molar-refractivity contribution in [1.82, 2.24) is 0 Å². The summed E-state index contributed by atoms with van der Waals surface area (Å²) in [5, 5.41) is 3.77. The number of ether oxygens (including phenoxy) is 1. The summed E-state index contributed by atoms with van der Waals surface area (Å²) in [6.45, 7) is 1.70. The zero-order valence-corrected chi connectivity index (χ0v) is 13.9. The van der Waals surface area contributed by atoms with Gasteiger partial charge in [-0.15, -0.1) is 13.2 Å². The molecular weight excluding hydrogens is 351 g/mol. The maximum absolute atomic E-state index is 12.3. The molecule has 0 saturated heterocycles. The van der Waals surface area contributed by atoms with E-state index in [1.807, 2.05) is 24.3 Å². The van der Waals surface area contributed by atoms with Crippen molar-refractivity contribution in [3.8, 4) is 5.75 Å². The molecule has 0 saturated carbocycles. The van der Waals surface area contributed by atoms with Crippen molar-refractivity contribution >= 4 is 29.4 Å². The van der Waals surface area contributed by atoms with Gasteiger partial charge in [0.05, 0.1) is 5.70 Å². The van der Waals surface area contributed by atoms with Crippen LogP contribution < -0.4 is 10.1 Å². The van der Waals surface area contributed by atoms with Gasteiger partial charge >= 0.3 is 6.36 Å². The molecule has 1 aliphatic carbocycles. The Labute approximate surface area is 147 Å². The van der Waals surface area contributed by atoms with E-state index in [-0.39, 0.29) is 5.75 Å². The summed E-state index contributed by atoms with van der Waals surface area (Å²) in [6, 6.07) is 9.72. The summed E-state index contributed by atoms with van der Waals surface area (Å²) in [5.41, 5.74) is 6.87. The number of aryl methyl sites for hydroxylation is 1. The van der Waals surface area contributed by atoms with E-state index in [1.165, 1.54) is 18.2 Å². The predicted octanol–water partition coefficient (Wildman–Crippen LogP) is 6.18. The summed E-state index contributed by atoms with van der Waals surface area (Å²) < 4.78 is 40.8. The first-order chi connectivity index (χ1) is 11.8. The van der Waals surface area contributed by atoms with Gasteiger partial charge in [-0.2, -0.15) is 0 Å². The molecule has 0 radical (unpaired) electrons. The summed E-state index contributed by atoms with van der Waals surface area (Å²) in [7, 11) is 0. The molecule has 2 nitrogen and oxygen atoms in total. The van der Waals surface area contributed by atoms with Gasteiger partial charge in [-0.25, -0.2) is 0 Å². The van der Waals surface area contributed by atoms with Gasteiger partial charge in [0.2, 0.25) is 0 Å². The van der Waals surface area contributed by atoms with E-state index in [2.05, 4.69) is 15.8 Å².